The largest absolute Gasteiger partial charge is 0.493 e. The highest BCUT2D eigenvalue weighted by atomic mass is 127. The third kappa shape index (κ3) is 8.48. The zero-order chi connectivity index (χ0) is 20.4. The number of hydrogen-bond donors (Lipinski definition) is 2. The fraction of sp³-hybridized carbons (Fsp3) is 0.400. The molecule has 0 atom stereocenters. The fourth-order valence-corrected chi connectivity index (χ4v) is 3.11. The first-order valence-corrected chi connectivity index (χ1v) is 9.87. The van der Waals surface area contributed by atoms with Gasteiger partial charge in [-0.05, 0) is 35.6 Å². The lowest BCUT2D eigenvalue weighted by atomic mass is 10.2. The van der Waals surface area contributed by atoms with Crippen LogP contribution in [0.4, 0.5) is 0 Å². The standard InChI is InChI=1S/C20H28N4O3S.HI/c1-24(2)19(25)14-23-20(21-10-9-16-6-5-11-28-16)22-13-15-7-8-17(26-3)18(12-15)27-4;/h5-8,11-12H,9-10,13-14H2,1-4H3,(H2,21,22,23);1H. The number of hydrogen-bond acceptors (Lipinski definition) is 5. The van der Waals surface area contributed by atoms with Gasteiger partial charge in [-0.3, -0.25) is 4.79 Å². The molecule has 160 valence electrons. The minimum Gasteiger partial charge on any atom is -0.493 e. The summed E-state index contributed by atoms with van der Waals surface area (Å²) in [7, 11) is 6.68. The van der Waals surface area contributed by atoms with E-state index in [-0.39, 0.29) is 36.4 Å². The van der Waals surface area contributed by atoms with E-state index < -0.39 is 0 Å². The van der Waals surface area contributed by atoms with Gasteiger partial charge in [0.1, 0.15) is 0 Å². The molecule has 0 spiro atoms. The minimum absolute atomic E-state index is 0. The highest BCUT2D eigenvalue weighted by Gasteiger charge is 2.07. The second-order valence-electron chi connectivity index (χ2n) is 6.25. The van der Waals surface area contributed by atoms with E-state index >= 15 is 0 Å². The van der Waals surface area contributed by atoms with Crippen LogP contribution in [0.5, 0.6) is 11.5 Å². The molecular weight excluding hydrogens is 503 g/mol. The number of methoxy groups -OCH3 is 2. The molecule has 0 saturated carbocycles. The molecule has 0 fully saturated rings. The Kier molecular flexibility index (Phi) is 11.4. The summed E-state index contributed by atoms with van der Waals surface area (Å²) in [5, 5.41) is 8.45. The van der Waals surface area contributed by atoms with Crippen molar-refractivity contribution in [1.82, 2.24) is 15.5 Å². The Hall–Kier alpha value is -2.01. The lowest BCUT2D eigenvalue weighted by Gasteiger charge is -2.15. The van der Waals surface area contributed by atoms with Crippen LogP contribution in [0.1, 0.15) is 10.4 Å². The van der Waals surface area contributed by atoms with Gasteiger partial charge in [0.05, 0.1) is 27.3 Å². The van der Waals surface area contributed by atoms with Gasteiger partial charge >= 0.3 is 0 Å². The summed E-state index contributed by atoms with van der Waals surface area (Å²) in [5.41, 5.74) is 0.982. The molecule has 9 heteroatoms. The quantitative estimate of drug-likeness (QED) is 0.295. The molecule has 7 nitrogen and oxygen atoms in total. The second kappa shape index (κ2) is 13.3. The number of nitrogens with one attached hydrogen (secondary N) is 2. The van der Waals surface area contributed by atoms with Crippen molar-refractivity contribution in [1.29, 1.82) is 0 Å². The first kappa shape index (κ1) is 25.0. The maximum atomic E-state index is 11.9. The van der Waals surface area contributed by atoms with E-state index in [9.17, 15) is 4.79 Å². The number of guanidine groups is 1. The number of rotatable bonds is 9. The van der Waals surface area contributed by atoms with E-state index in [1.807, 2.05) is 24.3 Å². The smallest absolute Gasteiger partial charge is 0.241 e. The lowest BCUT2D eigenvalue weighted by Crippen LogP contribution is -2.43. The molecule has 0 aliphatic carbocycles. The van der Waals surface area contributed by atoms with Crippen LogP contribution in [0.3, 0.4) is 0 Å². The van der Waals surface area contributed by atoms with Crippen molar-refractivity contribution in [2.45, 2.75) is 13.0 Å². The Bertz CT molecular complexity index is 782. The molecule has 1 heterocycles. The molecule has 2 aromatic rings. The lowest BCUT2D eigenvalue weighted by molar-refractivity contribution is -0.127. The molecule has 0 bridgehead atoms. The highest BCUT2D eigenvalue weighted by molar-refractivity contribution is 14.0. The summed E-state index contributed by atoms with van der Waals surface area (Å²) >= 11 is 1.73. The van der Waals surface area contributed by atoms with Crippen molar-refractivity contribution >= 4 is 47.2 Å². The van der Waals surface area contributed by atoms with E-state index in [2.05, 4.69) is 27.1 Å². The van der Waals surface area contributed by atoms with Crippen molar-refractivity contribution in [3.63, 3.8) is 0 Å². The number of aliphatic imine (C=N–C) groups is 1. The molecule has 1 amide bonds. The molecule has 0 unspecified atom stereocenters. The van der Waals surface area contributed by atoms with Crippen LogP contribution in [0, 0.1) is 0 Å². The van der Waals surface area contributed by atoms with Gasteiger partial charge in [-0.1, -0.05) is 12.1 Å². The Labute approximate surface area is 193 Å². The van der Waals surface area contributed by atoms with Crippen LogP contribution < -0.4 is 20.1 Å². The van der Waals surface area contributed by atoms with Gasteiger partial charge in [0.15, 0.2) is 17.5 Å². The molecule has 0 aliphatic rings. The van der Waals surface area contributed by atoms with Crippen molar-refractivity contribution in [3.05, 3.63) is 46.2 Å². The van der Waals surface area contributed by atoms with Crippen LogP contribution in [-0.4, -0.2) is 58.2 Å². The number of thiophene rings is 1. The van der Waals surface area contributed by atoms with Crippen molar-refractivity contribution in [2.75, 3.05) is 41.4 Å². The summed E-state index contributed by atoms with van der Waals surface area (Å²) in [6.45, 7) is 1.36. The maximum absolute atomic E-state index is 11.9. The summed E-state index contributed by atoms with van der Waals surface area (Å²) in [6, 6.07) is 9.85. The minimum atomic E-state index is -0.0149. The average molecular weight is 532 g/mol. The summed E-state index contributed by atoms with van der Waals surface area (Å²) in [5.74, 6) is 1.93. The van der Waals surface area contributed by atoms with Gasteiger partial charge in [-0.25, -0.2) is 4.99 Å². The number of carbonyl (C=O) groups excluding carboxylic acids is 1. The number of halogens is 1. The van der Waals surface area contributed by atoms with Gasteiger partial charge in [0.25, 0.3) is 0 Å². The first-order chi connectivity index (χ1) is 13.5. The summed E-state index contributed by atoms with van der Waals surface area (Å²) in [4.78, 5) is 19.3. The third-order valence-corrected chi connectivity index (χ3v) is 4.95. The SMILES string of the molecule is COc1ccc(CN=C(NCCc2cccs2)NCC(=O)N(C)C)cc1OC.I. The molecule has 0 aliphatic heterocycles. The van der Waals surface area contributed by atoms with Crippen LogP contribution in [0.15, 0.2) is 40.7 Å². The van der Waals surface area contributed by atoms with Crippen LogP contribution in [0.2, 0.25) is 0 Å². The van der Waals surface area contributed by atoms with Crippen LogP contribution >= 0.6 is 35.3 Å². The number of nitrogens with zero attached hydrogens (tertiary/aromatic N) is 2. The molecule has 29 heavy (non-hydrogen) atoms. The van der Waals surface area contributed by atoms with E-state index in [1.165, 1.54) is 4.88 Å². The zero-order valence-electron chi connectivity index (χ0n) is 17.2. The van der Waals surface area contributed by atoms with E-state index in [0.717, 1.165) is 18.5 Å². The molecule has 0 saturated heterocycles. The van der Waals surface area contributed by atoms with Crippen molar-refractivity contribution < 1.29 is 14.3 Å². The third-order valence-electron chi connectivity index (χ3n) is 4.02. The van der Waals surface area contributed by atoms with Crippen LogP contribution in [0.25, 0.3) is 0 Å². The maximum Gasteiger partial charge on any atom is 0.241 e. The zero-order valence-corrected chi connectivity index (χ0v) is 20.4. The highest BCUT2D eigenvalue weighted by Crippen LogP contribution is 2.27. The molecule has 2 N–H and O–H groups in total. The van der Waals surface area contributed by atoms with E-state index in [4.69, 9.17) is 9.47 Å². The Morgan fingerprint density at radius 2 is 1.90 bits per heavy atom. The summed E-state index contributed by atoms with van der Waals surface area (Å²) in [6.07, 6.45) is 0.899. The van der Waals surface area contributed by atoms with Crippen LogP contribution in [-0.2, 0) is 17.8 Å². The number of benzene rings is 1. The molecular formula is C20H29IN4O3S. The summed E-state index contributed by atoms with van der Waals surface area (Å²) < 4.78 is 10.6. The van der Waals surface area contributed by atoms with Gasteiger partial charge in [-0.15, -0.1) is 35.3 Å². The van der Waals surface area contributed by atoms with Crippen molar-refractivity contribution in [2.24, 2.45) is 4.99 Å². The fourth-order valence-electron chi connectivity index (χ4n) is 2.40. The molecule has 0 radical (unpaired) electrons. The van der Waals surface area contributed by atoms with Gasteiger partial charge in [0.2, 0.25) is 5.91 Å². The number of amides is 1. The average Bonchev–Trinajstić information content (AvgIpc) is 3.22. The molecule has 1 aromatic heterocycles. The van der Waals surface area contributed by atoms with E-state index in [0.29, 0.717) is 24.0 Å². The topological polar surface area (TPSA) is 75.2 Å². The number of ether oxygens (including phenoxy) is 2. The Morgan fingerprint density at radius 1 is 1.14 bits per heavy atom. The first-order valence-electron chi connectivity index (χ1n) is 8.99. The number of likely N-dealkylation sites (N-methyl/N-ethyl adjacent to an activating group) is 1. The van der Waals surface area contributed by atoms with Gasteiger partial charge < -0.3 is 25.0 Å². The predicted molar refractivity (Wildman–Crippen MR) is 129 cm³/mol. The van der Waals surface area contributed by atoms with Crippen molar-refractivity contribution in [3.8, 4) is 11.5 Å². The number of carbonyl (C=O) groups is 1. The Morgan fingerprint density at radius 3 is 2.52 bits per heavy atom. The predicted octanol–water partition coefficient (Wildman–Crippen LogP) is 2.75. The van der Waals surface area contributed by atoms with Gasteiger partial charge in [0, 0.05) is 25.5 Å². The monoisotopic (exact) mass is 532 g/mol. The van der Waals surface area contributed by atoms with E-state index in [1.54, 1.807) is 44.6 Å². The molecule has 2 rings (SSSR count). The second-order valence-corrected chi connectivity index (χ2v) is 7.28. The Balaban J connectivity index is 0.00000420. The molecule has 1 aromatic carbocycles. The van der Waals surface area contributed by atoms with Gasteiger partial charge in [-0.2, -0.15) is 0 Å². The normalized spacial score (nSPS) is 10.7.